The van der Waals surface area contributed by atoms with Crippen molar-refractivity contribution < 1.29 is 34.1 Å². The van der Waals surface area contributed by atoms with Gasteiger partial charge in [-0.2, -0.15) is 0 Å². The molecule has 0 spiro atoms. The van der Waals surface area contributed by atoms with Gasteiger partial charge in [0.05, 0.1) is 18.4 Å². The summed E-state index contributed by atoms with van der Waals surface area (Å²) in [6.07, 6.45) is 1.25. The molecule has 28 heavy (non-hydrogen) atoms. The van der Waals surface area contributed by atoms with Crippen LogP contribution in [0.25, 0.3) is 6.08 Å². The summed E-state index contributed by atoms with van der Waals surface area (Å²) in [5.74, 6) is -2.86. The van der Waals surface area contributed by atoms with Crippen LogP contribution in [0.15, 0.2) is 48.0 Å². The van der Waals surface area contributed by atoms with Crippen molar-refractivity contribution in [2.24, 2.45) is 0 Å². The maximum Gasteiger partial charge on any atom is 0.335 e. The lowest BCUT2D eigenvalue weighted by atomic mass is 10.1. The van der Waals surface area contributed by atoms with Gasteiger partial charge in [0.15, 0.2) is 11.5 Å². The van der Waals surface area contributed by atoms with Crippen molar-refractivity contribution in [3.8, 4) is 11.5 Å². The van der Waals surface area contributed by atoms with Crippen LogP contribution in [0.2, 0.25) is 0 Å². The summed E-state index contributed by atoms with van der Waals surface area (Å²) in [5, 5.41) is 20.7. The number of barbiturate groups is 1. The van der Waals surface area contributed by atoms with Gasteiger partial charge in [0.2, 0.25) is 0 Å². The Balaban J connectivity index is 1.99. The third-order valence-corrected chi connectivity index (χ3v) is 3.99. The number of carboxylic acid groups (broad SMARTS) is 1. The molecule has 0 unspecified atom stereocenters. The van der Waals surface area contributed by atoms with Crippen molar-refractivity contribution in [2.75, 3.05) is 12.0 Å². The molecule has 3 rings (SSSR count). The number of urea groups is 1. The van der Waals surface area contributed by atoms with Gasteiger partial charge < -0.3 is 14.9 Å². The van der Waals surface area contributed by atoms with Gasteiger partial charge in [0.1, 0.15) is 5.57 Å². The normalized spacial score (nSPS) is 15.5. The zero-order valence-electron chi connectivity index (χ0n) is 14.5. The average Bonchev–Trinajstić information content (AvgIpc) is 2.66. The standard InChI is InChI=1S/C19H14N2O7/c1-28-15-9-10(2-7-14(15)22)8-13-16(23)20-19(27)21(17(13)24)12-5-3-11(4-6-12)18(25)26/h2-9,22H,1H3,(H,25,26)(H,20,23,27). The molecule has 9 nitrogen and oxygen atoms in total. The Morgan fingerprint density at radius 2 is 1.79 bits per heavy atom. The van der Waals surface area contributed by atoms with E-state index in [1.807, 2.05) is 0 Å². The molecule has 0 radical (unpaired) electrons. The topological polar surface area (TPSA) is 133 Å². The monoisotopic (exact) mass is 382 g/mol. The van der Waals surface area contributed by atoms with Crippen molar-refractivity contribution >= 4 is 35.6 Å². The highest BCUT2D eigenvalue weighted by atomic mass is 16.5. The molecule has 1 aliphatic rings. The molecule has 0 aliphatic carbocycles. The van der Waals surface area contributed by atoms with E-state index in [-0.39, 0.29) is 28.3 Å². The van der Waals surface area contributed by atoms with Crippen LogP contribution < -0.4 is 15.0 Å². The molecule has 2 aromatic carbocycles. The van der Waals surface area contributed by atoms with Crippen LogP contribution in [0.5, 0.6) is 11.5 Å². The highest BCUT2D eigenvalue weighted by Gasteiger charge is 2.36. The largest absolute Gasteiger partial charge is 0.504 e. The number of carbonyl (C=O) groups excluding carboxylic acids is 3. The number of phenols is 1. The number of methoxy groups -OCH3 is 1. The van der Waals surface area contributed by atoms with Crippen molar-refractivity contribution in [1.29, 1.82) is 0 Å². The van der Waals surface area contributed by atoms with E-state index in [2.05, 4.69) is 5.32 Å². The third kappa shape index (κ3) is 3.40. The van der Waals surface area contributed by atoms with Gasteiger partial charge in [-0.15, -0.1) is 0 Å². The van der Waals surface area contributed by atoms with Crippen LogP contribution in [0.3, 0.4) is 0 Å². The minimum atomic E-state index is -1.15. The molecule has 142 valence electrons. The van der Waals surface area contributed by atoms with Crippen molar-refractivity contribution in [3.05, 3.63) is 59.2 Å². The lowest BCUT2D eigenvalue weighted by Crippen LogP contribution is -2.54. The quantitative estimate of drug-likeness (QED) is 0.542. The predicted molar refractivity (Wildman–Crippen MR) is 97.1 cm³/mol. The molecule has 1 saturated heterocycles. The number of benzene rings is 2. The SMILES string of the molecule is COc1cc(C=C2C(=O)NC(=O)N(c3ccc(C(=O)O)cc3)C2=O)ccc1O. The highest BCUT2D eigenvalue weighted by Crippen LogP contribution is 2.28. The molecular formula is C19H14N2O7. The molecule has 0 saturated carbocycles. The molecule has 1 fully saturated rings. The Morgan fingerprint density at radius 3 is 2.39 bits per heavy atom. The van der Waals surface area contributed by atoms with Gasteiger partial charge >= 0.3 is 12.0 Å². The van der Waals surface area contributed by atoms with Gasteiger partial charge in [-0.3, -0.25) is 14.9 Å². The van der Waals surface area contributed by atoms with Gasteiger partial charge in [0, 0.05) is 0 Å². The van der Waals surface area contributed by atoms with Crippen molar-refractivity contribution in [2.45, 2.75) is 0 Å². The summed E-state index contributed by atoms with van der Waals surface area (Å²) in [6.45, 7) is 0. The average molecular weight is 382 g/mol. The number of rotatable bonds is 4. The summed E-state index contributed by atoms with van der Waals surface area (Å²) in [7, 11) is 1.35. The second kappa shape index (κ2) is 7.23. The molecule has 4 amide bonds. The number of aromatic hydroxyl groups is 1. The van der Waals surface area contributed by atoms with E-state index in [9.17, 15) is 24.3 Å². The zero-order valence-corrected chi connectivity index (χ0v) is 14.5. The maximum absolute atomic E-state index is 12.8. The lowest BCUT2D eigenvalue weighted by Gasteiger charge is -2.26. The first kappa shape index (κ1) is 18.6. The Morgan fingerprint density at radius 1 is 1.11 bits per heavy atom. The van der Waals surface area contributed by atoms with Crippen LogP contribution in [0.4, 0.5) is 10.5 Å². The smallest absolute Gasteiger partial charge is 0.335 e. The number of imide groups is 2. The van der Waals surface area contributed by atoms with Gasteiger partial charge in [-0.05, 0) is 48.0 Å². The van der Waals surface area contributed by atoms with Crippen molar-refractivity contribution in [1.82, 2.24) is 5.32 Å². The summed E-state index contributed by atoms with van der Waals surface area (Å²) in [6, 6.07) is 8.34. The first-order valence-electron chi connectivity index (χ1n) is 7.93. The number of carbonyl (C=O) groups is 4. The van der Waals surface area contributed by atoms with E-state index >= 15 is 0 Å². The van der Waals surface area contributed by atoms with Crippen LogP contribution in [-0.4, -0.2) is 41.1 Å². The molecular weight excluding hydrogens is 368 g/mol. The third-order valence-electron chi connectivity index (χ3n) is 3.99. The fraction of sp³-hybridized carbons (Fsp3) is 0.0526. The number of phenolic OH excluding ortho intramolecular Hbond substituents is 1. The fourth-order valence-corrected chi connectivity index (χ4v) is 2.60. The van der Waals surface area contributed by atoms with E-state index in [0.29, 0.717) is 5.56 Å². The van der Waals surface area contributed by atoms with E-state index in [1.54, 1.807) is 0 Å². The Hall–Kier alpha value is -4.14. The van der Waals surface area contributed by atoms with E-state index in [1.165, 1.54) is 55.7 Å². The van der Waals surface area contributed by atoms with Gasteiger partial charge in [-0.1, -0.05) is 6.07 Å². The van der Waals surface area contributed by atoms with Crippen molar-refractivity contribution in [3.63, 3.8) is 0 Å². The Bertz CT molecular complexity index is 1030. The first-order chi connectivity index (χ1) is 13.3. The fourth-order valence-electron chi connectivity index (χ4n) is 2.60. The molecule has 0 atom stereocenters. The number of hydrogen-bond donors (Lipinski definition) is 3. The number of amides is 4. The molecule has 3 N–H and O–H groups in total. The van der Waals surface area contributed by atoms with E-state index < -0.39 is 23.8 Å². The van der Waals surface area contributed by atoms with Gasteiger partial charge in [-0.25, -0.2) is 14.5 Å². The number of aromatic carboxylic acids is 1. The van der Waals surface area contributed by atoms with E-state index in [0.717, 1.165) is 4.90 Å². The summed E-state index contributed by atoms with van der Waals surface area (Å²) >= 11 is 0. The maximum atomic E-state index is 12.8. The highest BCUT2D eigenvalue weighted by molar-refractivity contribution is 6.39. The second-order valence-electron chi connectivity index (χ2n) is 5.74. The Kier molecular flexibility index (Phi) is 4.82. The molecule has 1 aliphatic heterocycles. The van der Waals surface area contributed by atoms with Gasteiger partial charge in [0.25, 0.3) is 11.8 Å². The Labute approximate surface area is 158 Å². The number of nitrogens with one attached hydrogen (secondary N) is 1. The number of carboxylic acids is 1. The van der Waals surface area contributed by atoms with E-state index in [4.69, 9.17) is 9.84 Å². The number of hydrogen-bond acceptors (Lipinski definition) is 6. The molecule has 0 aromatic heterocycles. The summed E-state index contributed by atoms with van der Waals surface area (Å²) in [5.41, 5.74) is 0.171. The molecule has 9 heteroatoms. The number of ether oxygens (including phenoxy) is 1. The molecule has 2 aromatic rings. The molecule has 0 bridgehead atoms. The van der Waals surface area contributed by atoms with Crippen LogP contribution in [0, 0.1) is 0 Å². The van der Waals surface area contributed by atoms with Crippen LogP contribution in [-0.2, 0) is 9.59 Å². The number of anilines is 1. The minimum absolute atomic E-state index is 0.0170. The summed E-state index contributed by atoms with van der Waals surface area (Å²) < 4.78 is 4.99. The zero-order chi connectivity index (χ0) is 20.4. The predicted octanol–water partition coefficient (Wildman–Crippen LogP) is 1.77. The molecule has 1 heterocycles. The second-order valence-corrected chi connectivity index (χ2v) is 5.74. The lowest BCUT2D eigenvalue weighted by molar-refractivity contribution is -0.122. The first-order valence-corrected chi connectivity index (χ1v) is 7.93. The minimum Gasteiger partial charge on any atom is -0.504 e. The summed E-state index contributed by atoms with van der Waals surface area (Å²) in [4.78, 5) is 48.8. The van der Waals surface area contributed by atoms with Crippen LogP contribution in [0.1, 0.15) is 15.9 Å². The number of nitrogens with zero attached hydrogens (tertiary/aromatic N) is 1. The van der Waals surface area contributed by atoms with Crippen LogP contribution >= 0.6 is 0 Å².